The van der Waals surface area contributed by atoms with Gasteiger partial charge < -0.3 is 4.74 Å². The highest BCUT2D eigenvalue weighted by Gasteiger charge is 2.32. The average molecular weight is 400 g/mol. The lowest BCUT2D eigenvalue weighted by Gasteiger charge is -2.13. The molecule has 2 aromatic carbocycles. The fourth-order valence-electron chi connectivity index (χ4n) is 1.83. The molecule has 0 spiro atoms. The van der Waals surface area contributed by atoms with E-state index in [9.17, 15) is 21.6 Å². The van der Waals surface area contributed by atoms with E-state index in [2.05, 4.69) is 4.72 Å². The number of halogens is 5. The molecular formula is C14H10Cl2F3NO3S. The van der Waals surface area contributed by atoms with Gasteiger partial charge >= 0.3 is 6.18 Å². The van der Waals surface area contributed by atoms with Gasteiger partial charge in [-0.15, -0.1) is 0 Å². The highest BCUT2D eigenvalue weighted by molar-refractivity contribution is 7.92. The topological polar surface area (TPSA) is 55.4 Å². The lowest BCUT2D eigenvalue weighted by atomic mass is 10.2. The molecule has 0 aliphatic carbocycles. The Bertz CT molecular complexity index is 870. The summed E-state index contributed by atoms with van der Waals surface area (Å²) in [6, 6.07) is 6.07. The highest BCUT2D eigenvalue weighted by Crippen LogP contribution is 2.34. The third kappa shape index (κ3) is 4.06. The normalized spacial score (nSPS) is 12.1. The Morgan fingerprint density at radius 3 is 2.25 bits per heavy atom. The fraction of sp³-hybridized carbons (Fsp3) is 0.143. The number of methoxy groups -OCH3 is 1. The first-order valence-electron chi connectivity index (χ1n) is 6.27. The van der Waals surface area contributed by atoms with Gasteiger partial charge in [-0.3, -0.25) is 4.72 Å². The maximum Gasteiger partial charge on any atom is 0.416 e. The van der Waals surface area contributed by atoms with Crippen LogP contribution in [0.4, 0.5) is 18.9 Å². The highest BCUT2D eigenvalue weighted by atomic mass is 35.5. The monoisotopic (exact) mass is 399 g/mol. The van der Waals surface area contributed by atoms with Crippen molar-refractivity contribution >= 4 is 38.9 Å². The predicted molar refractivity (Wildman–Crippen MR) is 85.3 cm³/mol. The quantitative estimate of drug-likeness (QED) is 0.801. The summed E-state index contributed by atoms with van der Waals surface area (Å²) in [5.74, 6) is 0.316. The van der Waals surface area contributed by atoms with Gasteiger partial charge in [0.05, 0.1) is 28.4 Å². The van der Waals surface area contributed by atoms with Crippen molar-refractivity contribution in [3.8, 4) is 5.75 Å². The summed E-state index contributed by atoms with van der Waals surface area (Å²) in [6.07, 6.45) is -4.70. The summed E-state index contributed by atoms with van der Waals surface area (Å²) in [5.41, 5.74) is -1.07. The zero-order valence-corrected chi connectivity index (χ0v) is 14.3. The molecule has 24 heavy (non-hydrogen) atoms. The van der Waals surface area contributed by atoms with Gasteiger partial charge in [0.15, 0.2) is 0 Å². The zero-order chi connectivity index (χ0) is 18.1. The Balaban J connectivity index is 2.42. The smallest absolute Gasteiger partial charge is 0.416 e. The van der Waals surface area contributed by atoms with Crippen molar-refractivity contribution in [1.29, 1.82) is 0 Å². The van der Waals surface area contributed by atoms with E-state index in [1.54, 1.807) is 0 Å². The van der Waals surface area contributed by atoms with Crippen LogP contribution in [0.25, 0.3) is 0 Å². The minimum Gasteiger partial charge on any atom is -0.495 e. The van der Waals surface area contributed by atoms with Crippen molar-refractivity contribution in [3.63, 3.8) is 0 Å². The number of benzene rings is 2. The number of alkyl halides is 3. The summed E-state index contributed by atoms with van der Waals surface area (Å²) in [5, 5.41) is -0.206. The number of anilines is 1. The number of hydrogen-bond donors (Lipinski definition) is 1. The molecule has 2 aromatic rings. The minimum atomic E-state index is -4.70. The maximum absolute atomic E-state index is 12.8. The first-order valence-corrected chi connectivity index (χ1v) is 8.51. The second-order valence-corrected chi connectivity index (χ2v) is 7.06. The van der Waals surface area contributed by atoms with E-state index in [0.717, 1.165) is 6.07 Å². The lowest BCUT2D eigenvalue weighted by Crippen LogP contribution is -2.15. The van der Waals surface area contributed by atoms with Crippen LogP contribution in [0.1, 0.15) is 5.56 Å². The molecule has 130 valence electrons. The molecule has 0 aromatic heterocycles. The van der Waals surface area contributed by atoms with E-state index in [1.807, 2.05) is 0 Å². The Hall–Kier alpha value is -1.64. The Morgan fingerprint density at radius 1 is 1.04 bits per heavy atom. The molecule has 0 unspecified atom stereocenters. The first-order chi connectivity index (χ1) is 11.0. The molecule has 0 amide bonds. The van der Waals surface area contributed by atoms with Crippen molar-refractivity contribution in [3.05, 3.63) is 52.0 Å². The fourth-order valence-corrected chi connectivity index (χ4v) is 3.66. The van der Waals surface area contributed by atoms with Crippen molar-refractivity contribution in [1.82, 2.24) is 0 Å². The number of nitrogens with one attached hydrogen (secondary N) is 1. The van der Waals surface area contributed by atoms with Crippen molar-refractivity contribution in [2.75, 3.05) is 11.8 Å². The number of rotatable bonds is 4. The average Bonchev–Trinajstić information content (AvgIpc) is 2.46. The van der Waals surface area contributed by atoms with Crippen molar-refractivity contribution < 1.29 is 26.3 Å². The predicted octanol–water partition coefficient (Wildman–Crippen LogP) is 4.82. The van der Waals surface area contributed by atoms with Gasteiger partial charge in [0, 0.05) is 0 Å². The van der Waals surface area contributed by atoms with Crippen molar-refractivity contribution in [2.45, 2.75) is 11.1 Å². The van der Waals surface area contributed by atoms with E-state index in [0.29, 0.717) is 17.9 Å². The SMILES string of the molecule is COc1ccc(NS(=O)(=O)c2cc(C(F)(F)F)ccc2Cl)cc1Cl. The lowest BCUT2D eigenvalue weighted by molar-refractivity contribution is -0.137. The van der Waals surface area contributed by atoms with Gasteiger partial charge in [-0.2, -0.15) is 13.2 Å². The summed E-state index contributed by atoms with van der Waals surface area (Å²) in [4.78, 5) is -0.689. The Morgan fingerprint density at radius 2 is 1.71 bits per heavy atom. The maximum atomic E-state index is 12.8. The van der Waals surface area contributed by atoms with E-state index in [4.69, 9.17) is 27.9 Å². The third-order valence-corrected chi connectivity index (χ3v) is 5.11. The molecule has 0 atom stereocenters. The molecule has 0 radical (unpaired) electrons. The third-order valence-electron chi connectivity index (χ3n) is 2.95. The number of hydrogen-bond acceptors (Lipinski definition) is 3. The Labute approximate surface area is 146 Å². The molecule has 1 N–H and O–H groups in total. The Kier molecular flexibility index (Phi) is 5.22. The standard InChI is InChI=1S/C14H10Cl2F3NO3S/c1-23-12-5-3-9(7-11(12)16)20-24(21,22)13-6-8(14(17,18)19)2-4-10(13)15/h2-7,20H,1H3. The molecule has 0 saturated heterocycles. The summed E-state index contributed by atoms with van der Waals surface area (Å²) < 4.78 is 70.0. The molecule has 10 heteroatoms. The molecule has 0 heterocycles. The van der Waals surface area contributed by atoms with E-state index in [-0.39, 0.29) is 15.7 Å². The molecule has 0 fully saturated rings. The van der Waals surface area contributed by atoms with E-state index in [1.165, 1.54) is 25.3 Å². The molecule has 0 aliphatic heterocycles. The van der Waals surface area contributed by atoms with Crippen molar-refractivity contribution in [2.24, 2.45) is 0 Å². The molecule has 0 saturated carbocycles. The van der Waals surface area contributed by atoms with Gasteiger partial charge in [0.1, 0.15) is 10.6 Å². The molecule has 2 rings (SSSR count). The van der Waals surface area contributed by atoms with Crippen LogP contribution in [0.3, 0.4) is 0 Å². The van der Waals surface area contributed by atoms with E-state index >= 15 is 0 Å². The van der Waals surface area contributed by atoms with Gasteiger partial charge in [0.25, 0.3) is 10.0 Å². The van der Waals surface area contributed by atoms with Gasteiger partial charge in [-0.1, -0.05) is 23.2 Å². The van der Waals surface area contributed by atoms with E-state index < -0.39 is 26.7 Å². The van der Waals surface area contributed by atoms with Crippen LogP contribution < -0.4 is 9.46 Å². The van der Waals surface area contributed by atoms with Crippen LogP contribution in [0.15, 0.2) is 41.3 Å². The summed E-state index contributed by atoms with van der Waals surface area (Å²) >= 11 is 11.6. The van der Waals surface area contributed by atoms with Crippen LogP contribution in [0.5, 0.6) is 5.75 Å². The van der Waals surface area contributed by atoms with Gasteiger partial charge in [-0.25, -0.2) is 8.42 Å². The number of sulfonamides is 1. The van der Waals surface area contributed by atoms with Gasteiger partial charge in [-0.05, 0) is 36.4 Å². The molecule has 4 nitrogen and oxygen atoms in total. The molecule has 0 bridgehead atoms. The second-order valence-electron chi connectivity index (χ2n) is 4.60. The minimum absolute atomic E-state index is 0.0503. The van der Waals surface area contributed by atoms with Gasteiger partial charge in [0.2, 0.25) is 0 Å². The zero-order valence-electron chi connectivity index (χ0n) is 12.0. The van der Waals surface area contributed by atoms with Crippen LogP contribution in [-0.4, -0.2) is 15.5 Å². The summed E-state index contributed by atoms with van der Waals surface area (Å²) in [6.45, 7) is 0. The van der Waals surface area contributed by atoms with Crippen LogP contribution in [0.2, 0.25) is 10.0 Å². The summed E-state index contributed by atoms with van der Waals surface area (Å²) in [7, 11) is -2.96. The molecule has 0 aliphatic rings. The number of ether oxygens (including phenoxy) is 1. The first kappa shape index (κ1) is 18.7. The second kappa shape index (κ2) is 6.70. The van der Waals surface area contributed by atoms with Crippen LogP contribution in [0, 0.1) is 0 Å². The van der Waals surface area contributed by atoms with Crippen LogP contribution >= 0.6 is 23.2 Å². The largest absolute Gasteiger partial charge is 0.495 e. The van der Waals surface area contributed by atoms with Crippen LogP contribution in [-0.2, 0) is 16.2 Å². The molecular weight excluding hydrogens is 390 g/mol.